The zero-order valence-electron chi connectivity index (χ0n) is 9.43. The Labute approximate surface area is 130 Å². The molecule has 0 radical (unpaired) electrons. The van der Waals surface area contributed by atoms with Crippen molar-refractivity contribution in [2.24, 2.45) is 5.73 Å². The third-order valence-corrected chi connectivity index (χ3v) is 4.12. The van der Waals surface area contributed by atoms with Gasteiger partial charge in [0, 0.05) is 25.7 Å². The third-order valence-electron chi connectivity index (χ3n) is 2.65. The van der Waals surface area contributed by atoms with E-state index in [2.05, 4.69) is 15.9 Å². The summed E-state index contributed by atoms with van der Waals surface area (Å²) >= 11 is 5.31. The molecule has 0 aliphatic carbocycles. The van der Waals surface area contributed by atoms with Crippen molar-refractivity contribution in [1.82, 2.24) is 0 Å². The first-order chi connectivity index (χ1) is 8.90. The standard InChI is InChI=1S/C13H8BrF3IN/c14-6-1-2-11(18)8(3-6)13(19)12-9(16)4-7(15)5-10(12)17/h1-5,13H,19H2. The van der Waals surface area contributed by atoms with Crippen molar-refractivity contribution in [2.45, 2.75) is 6.04 Å². The second-order valence-electron chi connectivity index (χ2n) is 3.93. The fraction of sp³-hybridized carbons (Fsp3) is 0.0769. The topological polar surface area (TPSA) is 26.0 Å². The molecule has 0 aromatic heterocycles. The van der Waals surface area contributed by atoms with Gasteiger partial charge in [-0.15, -0.1) is 0 Å². The number of hydrogen-bond acceptors (Lipinski definition) is 1. The van der Waals surface area contributed by atoms with Crippen molar-refractivity contribution in [3.63, 3.8) is 0 Å². The van der Waals surface area contributed by atoms with Crippen LogP contribution in [0.2, 0.25) is 0 Å². The van der Waals surface area contributed by atoms with Crippen LogP contribution in [0.4, 0.5) is 13.2 Å². The van der Waals surface area contributed by atoms with Crippen LogP contribution in [0.25, 0.3) is 0 Å². The van der Waals surface area contributed by atoms with Crippen molar-refractivity contribution in [1.29, 1.82) is 0 Å². The number of halogens is 5. The average Bonchev–Trinajstić information content (AvgIpc) is 2.30. The first kappa shape index (κ1) is 14.8. The second kappa shape index (κ2) is 5.80. The van der Waals surface area contributed by atoms with Gasteiger partial charge in [-0.1, -0.05) is 15.9 Å². The van der Waals surface area contributed by atoms with Crippen LogP contribution < -0.4 is 5.73 Å². The Morgan fingerprint density at radius 2 is 1.63 bits per heavy atom. The summed E-state index contributed by atoms with van der Waals surface area (Å²) in [5.41, 5.74) is 6.14. The van der Waals surface area contributed by atoms with Crippen LogP contribution in [0.3, 0.4) is 0 Å². The van der Waals surface area contributed by atoms with Gasteiger partial charge < -0.3 is 5.73 Å². The third kappa shape index (κ3) is 3.11. The molecule has 1 nitrogen and oxygen atoms in total. The first-order valence-electron chi connectivity index (χ1n) is 5.25. The molecule has 2 N–H and O–H groups in total. The number of benzene rings is 2. The molecule has 0 fully saturated rings. The minimum atomic E-state index is -0.995. The lowest BCUT2D eigenvalue weighted by Crippen LogP contribution is -2.17. The predicted molar refractivity (Wildman–Crippen MR) is 79.2 cm³/mol. The smallest absolute Gasteiger partial charge is 0.134 e. The maximum Gasteiger partial charge on any atom is 0.134 e. The summed E-state index contributed by atoms with van der Waals surface area (Å²) in [7, 11) is 0. The molecule has 19 heavy (non-hydrogen) atoms. The molecule has 0 aliphatic heterocycles. The van der Waals surface area contributed by atoms with E-state index in [9.17, 15) is 13.2 Å². The van der Waals surface area contributed by atoms with E-state index in [1.807, 2.05) is 22.6 Å². The van der Waals surface area contributed by atoms with Crippen LogP contribution in [-0.2, 0) is 0 Å². The summed E-state index contributed by atoms with van der Waals surface area (Å²) in [5.74, 6) is -2.93. The van der Waals surface area contributed by atoms with Gasteiger partial charge >= 0.3 is 0 Å². The van der Waals surface area contributed by atoms with E-state index in [0.29, 0.717) is 17.7 Å². The molecule has 100 valence electrons. The van der Waals surface area contributed by atoms with Gasteiger partial charge in [-0.05, 0) is 46.4 Å². The van der Waals surface area contributed by atoms with E-state index in [1.54, 1.807) is 18.2 Å². The molecule has 0 bridgehead atoms. The van der Waals surface area contributed by atoms with Gasteiger partial charge in [0.2, 0.25) is 0 Å². The summed E-state index contributed by atoms with van der Waals surface area (Å²) in [6.45, 7) is 0. The molecule has 0 aliphatic rings. The molecule has 0 saturated carbocycles. The van der Waals surface area contributed by atoms with E-state index in [-0.39, 0.29) is 5.56 Å². The lowest BCUT2D eigenvalue weighted by molar-refractivity contribution is 0.515. The van der Waals surface area contributed by atoms with Crippen LogP contribution in [0.5, 0.6) is 0 Å². The molecular weight excluding hydrogens is 434 g/mol. The van der Waals surface area contributed by atoms with Gasteiger partial charge in [-0.3, -0.25) is 0 Å². The van der Waals surface area contributed by atoms with E-state index < -0.39 is 23.5 Å². The van der Waals surface area contributed by atoms with Crippen molar-refractivity contribution >= 4 is 38.5 Å². The molecule has 0 saturated heterocycles. The Morgan fingerprint density at radius 3 is 2.21 bits per heavy atom. The molecule has 2 rings (SSSR count). The van der Waals surface area contributed by atoms with Crippen LogP contribution in [0.15, 0.2) is 34.8 Å². The highest BCUT2D eigenvalue weighted by Crippen LogP contribution is 2.30. The van der Waals surface area contributed by atoms with Crippen LogP contribution in [0, 0.1) is 21.0 Å². The predicted octanol–water partition coefficient (Wildman–Crippen LogP) is 4.52. The highest BCUT2D eigenvalue weighted by Gasteiger charge is 2.21. The fourth-order valence-corrected chi connectivity index (χ4v) is 2.81. The summed E-state index contributed by atoms with van der Waals surface area (Å²) in [4.78, 5) is 0. The second-order valence-corrected chi connectivity index (χ2v) is 6.00. The van der Waals surface area contributed by atoms with Crippen molar-refractivity contribution in [3.8, 4) is 0 Å². The quantitative estimate of drug-likeness (QED) is 0.681. The normalized spacial score (nSPS) is 12.5. The van der Waals surface area contributed by atoms with Gasteiger partial charge in [0.05, 0.1) is 6.04 Å². The Morgan fingerprint density at radius 1 is 1.05 bits per heavy atom. The summed E-state index contributed by atoms with van der Waals surface area (Å²) in [5, 5.41) is 0. The summed E-state index contributed by atoms with van der Waals surface area (Å²) in [6, 6.07) is 5.53. The van der Waals surface area contributed by atoms with Crippen LogP contribution >= 0.6 is 38.5 Å². The van der Waals surface area contributed by atoms with E-state index in [1.165, 1.54) is 0 Å². The molecule has 0 heterocycles. The molecule has 1 atom stereocenters. The van der Waals surface area contributed by atoms with Gasteiger partial charge in [-0.25, -0.2) is 13.2 Å². The largest absolute Gasteiger partial charge is 0.320 e. The van der Waals surface area contributed by atoms with Crippen LogP contribution in [-0.4, -0.2) is 0 Å². The first-order valence-corrected chi connectivity index (χ1v) is 7.12. The Bertz CT molecular complexity index is 610. The molecule has 0 amide bonds. The molecular formula is C13H8BrF3IN. The van der Waals surface area contributed by atoms with E-state index >= 15 is 0 Å². The average molecular weight is 442 g/mol. The maximum absolute atomic E-state index is 13.7. The molecule has 0 spiro atoms. The minimum Gasteiger partial charge on any atom is -0.320 e. The number of rotatable bonds is 2. The minimum absolute atomic E-state index is 0.336. The van der Waals surface area contributed by atoms with E-state index in [0.717, 1.165) is 8.04 Å². The van der Waals surface area contributed by atoms with Crippen molar-refractivity contribution in [2.75, 3.05) is 0 Å². The molecule has 2 aromatic rings. The summed E-state index contributed by atoms with van der Waals surface area (Å²) in [6.07, 6.45) is 0. The van der Waals surface area contributed by atoms with Gasteiger partial charge in [0.25, 0.3) is 0 Å². The van der Waals surface area contributed by atoms with Gasteiger partial charge in [0.15, 0.2) is 0 Å². The maximum atomic E-state index is 13.7. The van der Waals surface area contributed by atoms with Gasteiger partial charge in [0.1, 0.15) is 17.5 Å². The monoisotopic (exact) mass is 441 g/mol. The molecule has 6 heteroatoms. The van der Waals surface area contributed by atoms with Gasteiger partial charge in [-0.2, -0.15) is 0 Å². The Kier molecular flexibility index (Phi) is 4.52. The van der Waals surface area contributed by atoms with Crippen molar-refractivity contribution in [3.05, 3.63) is 67.0 Å². The number of nitrogens with two attached hydrogens (primary N) is 1. The lowest BCUT2D eigenvalue weighted by Gasteiger charge is -2.16. The van der Waals surface area contributed by atoms with Crippen molar-refractivity contribution < 1.29 is 13.2 Å². The lowest BCUT2D eigenvalue weighted by atomic mass is 9.98. The molecule has 1 unspecified atom stereocenters. The van der Waals surface area contributed by atoms with Crippen LogP contribution in [0.1, 0.15) is 17.2 Å². The highest BCUT2D eigenvalue weighted by atomic mass is 127. The highest BCUT2D eigenvalue weighted by molar-refractivity contribution is 14.1. The molecule has 2 aromatic carbocycles. The summed E-state index contributed by atoms with van der Waals surface area (Å²) < 4.78 is 41.8. The SMILES string of the molecule is NC(c1cc(Br)ccc1I)c1c(F)cc(F)cc1F. The van der Waals surface area contributed by atoms with E-state index in [4.69, 9.17) is 5.73 Å². The number of hydrogen-bond donors (Lipinski definition) is 1. The zero-order valence-corrected chi connectivity index (χ0v) is 13.2. The fourth-order valence-electron chi connectivity index (χ4n) is 1.76. The Balaban J connectivity index is 2.56. The zero-order chi connectivity index (χ0) is 14.2. The Hall–Kier alpha value is -0.600.